The van der Waals surface area contributed by atoms with Crippen molar-refractivity contribution in [2.24, 2.45) is 0 Å². The maximum absolute atomic E-state index is 6.00. The Morgan fingerprint density at radius 3 is 1.95 bits per heavy atom. The fourth-order valence-electron chi connectivity index (χ4n) is 2.71. The first-order valence-corrected chi connectivity index (χ1v) is 6.76. The van der Waals surface area contributed by atoms with Crippen molar-refractivity contribution < 1.29 is 4.74 Å². The first-order chi connectivity index (χ1) is 9.25. The summed E-state index contributed by atoms with van der Waals surface area (Å²) in [5.74, 6) is 2.44. The molecule has 2 nitrogen and oxygen atoms in total. The van der Waals surface area contributed by atoms with Crippen LogP contribution in [-0.4, -0.2) is 25.5 Å². The lowest BCUT2D eigenvalue weighted by atomic mass is 9.85. The van der Waals surface area contributed by atoms with Crippen molar-refractivity contribution in [3.05, 3.63) is 59.7 Å². The zero-order valence-electron chi connectivity index (χ0n) is 11.5. The Hall–Kier alpha value is -1.80. The largest absolute Gasteiger partial charge is 0.457 e. The van der Waals surface area contributed by atoms with Crippen LogP contribution in [0.2, 0.25) is 0 Å². The van der Waals surface area contributed by atoms with E-state index in [4.69, 9.17) is 4.74 Å². The number of hydrogen-bond donors (Lipinski definition) is 0. The predicted octanol–water partition coefficient (Wildman–Crippen LogP) is 3.88. The standard InChI is InChI=1S/C17H19NO/c1-18(2)12-11-13-14-7-3-5-9-16(14)19-17-10-6-4-8-15(13)17/h3-10,13H,11-12H2,1-2H3. The molecule has 0 fully saturated rings. The van der Waals surface area contributed by atoms with Gasteiger partial charge >= 0.3 is 0 Å². The van der Waals surface area contributed by atoms with Gasteiger partial charge in [0.1, 0.15) is 11.5 Å². The molecule has 0 aliphatic carbocycles. The van der Waals surface area contributed by atoms with E-state index in [0.717, 1.165) is 24.5 Å². The molecule has 1 heterocycles. The summed E-state index contributed by atoms with van der Waals surface area (Å²) in [6.45, 7) is 1.08. The first kappa shape index (κ1) is 12.2. The van der Waals surface area contributed by atoms with E-state index < -0.39 is 0 Å². The van der Waals surface area contributed by atoms with Crippen molar-refractivity contribution in [2.45, 2.75) is 12.3 Å². The number of nitrogens with zero attached hydrogens (tertiary/aromatic N) is 1. The molecule has 3 rings (SSSR count). The maximum Gasteiger partial charge on any atom is 0.131 e. The molecule has 2 aromatic rings. The second kappa shape index (κ2) is 5.06. The van der Waals surface area contributed by atoms with E-state index in [1.54, 1.807) is 0 Å². The molecule has 0 N–H and O–H groups in total. The van der Waals surface area contributed by atoms with Crippen LogP contribution in [0, 0.1) is 0 Å². The summed E-state index contributed by atoms with van der Waals surface area (Å²) >= 11 is 0. The lowest BCUT2D eigenvalue weighted by molar-refractivity contribution is 0.376. The zero-order chi connectivity index (χ0) is 13.2. The van der Waals surface area contributed by atoms with Crippen molar-refractivity contribution in [1.82, 2.24) is 4.90 Å². The summed E-state index contributed by atoms with van der Waals surface area (Å²) in [7, 11) is 4.24. The third-order valence-corrected chi connectivity index (χ3v) is 3.67. The average Bonchev–Trinajstić information content (AvgIpc) is 2.43. The van der Waals surface area contributed by atoms with Gasteiger partial charge in [0, 0.05) is 17.0 Å². The van der Waals surface area contributed by atoms with Gasteiger partial charge in [0.05, 0.1) is 0 Å². The number of hydrogen-bond acceptors (Lipinski definition) is 2. The Balaban J connectivity index is 2.01. The van der Waals surface area contributed by atoms with Crippen molar-refractivity contribution >= 4 is 0 Å². The summed E-state index contributed by atoms with van der Waals surface area (Å²) in [5, 5.41) is 0. The predicted molar refractivity (Wildman–Crippen MR) is 78.0 cm³/mol. The quantitative estimate of drug-likeness (QED) is 0.823. The van der Waals surface area contributed by atoms with Crippen LogP contribution in [0.25, 0.3) is 0 Å². The Labute approximate surface area is 114 Å². The van der Waals surface area contributed by atoms with Gasteiger partial charge in [-0.25, -0.2) is 0 Å². The summed E-state index contributed by atoms with van der Waals surface area (Å²) in [6.07, 6.45) is 1.12. The van der Waals surface area contributed by atoms with Gasteiger partial charge in [-0.15, -0.1) is 0 Å². The van der Waals surface area contributed by atoms with Crippen molar-refractivity contribution in [2.75, 3.05) is 20.6 Å². The molecule has 2 heteroatoms. The van der Waals surface area contributed by atoms with Crippen molar-refractivity contribution in [3.8, 4) is 11.5 Å². The molecule has 0 aromatic heterocycles. The second-order valence-electron chi connectivity index (χ2n) is 5.32. The van der Waals surface area contributed by atoms with Gasteiger partial charge in [-0.05, 0) is 39.2 Å². The molecule has 1 aliphatic heterocycles. The van der Waals surface area contributed by atoms with Crippen LogP contribution >= 0.6 is 0 Å². The number of benzene rings is 2. The maximum atomic E-state index is 6.00. The van der Waals surface area contributed by atoms with E-state index in [2.05, 4.69) is 55.4 Å². The monoisotopic (exact) mass is 253 g/mol. The Bertz CT molecular complexity index is 531. The van der Waals surface area contributed by atoms with Gasteiger partial charge in [0.15, 0.2) is 0 Å². The molecule has 0 saturated carbocycles. The first-order valence-electron chi connectivity index (χ1n) is 6.76. The third-order valence-electron chi connectivity index (χ3n) is 3.67. The summed E-state index contributed by atoms with van der Waals surface area (Å²) < 4.78 is 6.00. The summed E-state index contributed by atoms with van der Waals surface area (Å²) in [5.41, 5.74) is 2.62. The number of ether oxygens (including phenoxy) is 1. The average molecular weight is 253 g/mol. The van der Waals surface area contributed by atoms with Crippen LogP contribution in [0.15, 0.2) is 48.5 Å². The van der Waals surface area contributed by atoms with E-state index in [0.29, 0.717) is 5.92 Å². The topological polar surface area (TPSA) is 12.5 Å². The van der Waals surface area contributed by atoms with Gasteiger partial charge in [0.25, 0.3) is 0 Å². The molecule has 0 atom stereocenters. The van der Waals surface area contributed by atoms with E-state index in [9.17, 15) is 0 Å². The van der Waals surface area contributed by atoms with Crippen LogP contribution in [0.3, 0.4) is 0 Å². The number of fused-ring (bicyclic) bond motifs is 2. The SMILES string of the molecule is CN(C)CCC1c2ccccc2Oc2ccccc21. The molecule has 0 spiro atoms. The van der Waals surface area contributed by atoms with E-state index >= 15 is 0 Å². The fourth-order valence-corrected chi connectivity index (χ4v) is 2.71. The van der Waals surface area contributed by atoms with Gasteiger partial charge in [-0.1, -0.05) is 36.4 Å². The van der Waals surface area contributed by atoms with Crippen LogP contribution in [0.4, 0.5) is 0 Å². The smallest absolute Gasteiger partial charge is 0.131 e. The molecular formula is C17H19NO. The van der Waals surface area contributed by atoms with Crippen LogP contribution < -0.4 is 4.74 Å². The third kappa shape index (κ3) is 2.36. The van der Waals surface area contributed by atoms with Gasteiger partial charge in [-0.3, -0.25) is 0 Å². The highest BCUT2D eigenvalue weighted by atomic mass is 16.5. The van der Waals surface area contributed by atoms with Crippen molar-refractivity contribution in [3.63, 3.8) is 0 Å². The Morgan fingerprint density at radius 2 is 1.42 bits per heavy atom. The lowest BCUT2D eigenvalue weighted by Crippen LogP contribution is -2.18. The molecule has 0 unspecified atom stereocenters. The minimum absolute atomic E-state index is 0.434. The molecule has 1 aliphatic rings. The van der Waals surface area contributed by atoms with Gasteiger partial charge in [-0.2, -0.15) is 0 Å². The van der Waals surface area contributed by atoms with E-state index in [1.807, 2.05) is 12.1 Å². The molecule has 0 radical (unpaired) electrons. The van der Waals surface area contributed by atoms with Gasteiger partial charge < -0.3 is 9.64 Å². The molecule has 19 heavy (non-hydrogen) atoms. The summed E-state index contributed by atoms with van der Waals surface area (Å²) in [6, 6.07) is 16.8. The number of para-hydroxylation sites is 2. The Morgan fingerprint density at radius 1 is 0.895 bits per heavy atom. The zero-order valence-corrected chi connectivity index (χ0v) is 11.5. The van der Waals surface area contributed by atoms with Crippen LogP contribution in [0.1, 0.15) is 23.5 Å². The van der Waals surface area contributed by atoms with Gasteiger partial charge in [0.2, 0.25) is 0 Å². The van der Waals surface area contributed by atoms with E-state index in [1.165, 1.54) is 11.1 Å². The molecule has 0 amide bonds. The minimum Gasteiger partial charge on any atom is -0.457 e. The highest BCUT2D eigenvalue weighted by Crippen LogP contribution is 2.45. The fraction of sp³-hybridized carbons (Fsp3) is 0.294. The van der Waals surface area contributed by atoms with Crippen LogP contribution in [-0.2, 0) is 0 Å². The normalized spacial score (nSPS) is 13.8. The van der Waals surface area contributed by atoms with Crippen molar-refractivity contribution in [1.29, 1.82) is 0 Å². The molecular weight excluding hydrogens is 234 g/mol. The number of rotatable bonds is 3. The minimum atomic E-state index is 0.434. The Kier molecular flexibility index (Phi) is 3.26. The lowest BCUT2D eigenvalue weighted by Gasteiger charge is -2.29. The molecule has 0 bridgehead atoms. The van der Waals surface area contributed by atoms with Crippen LogP contribution in [0.5, 0.6) is 11.5 Å². The molecule has 98 valence electrons. The molecule has 2 aromatic carbocycles. The molecule has 0 saturated heterocycles. The highest BCUT2D eigenvalue weighted by molar-refractivity contribution is 5.53. The summed E-state index contributed by atoms with van der Waals surface area (Å²) in [4.78, 5) is 2.24. The highest BCUT2D eigenvalue weighted by Gasteiger charge is 2.26. The van der Waals surface area contributed by atoms with E-state index in [-0.39, 0.29) is 0 Å². The second-order valence-corrected chi connectivity index (χ2v) is 5.32.